The van der Waals surface area contributed by atoms with Crippen molar-refractivity contribution in [2.75, 3.05) is 10.9 Å². The molecule has 0 saturated heterocycles. The molecule has 30 heavy (non-hydrogen) atoms. The van der Waals surface area contributed by atoms with Gasteiger partial charge in [-0.05, 0) is 67.1 Å². The second-order valence-electron chi connectivity index (χ2n) is 6.24. The van der Waals surface area contributed by atoms with Crippen molar-refractivity contribution in [3.63, 3.8) is 0 Å². The third-order valence-corrected chi connectivity index (χ3v) is 6.11. The Bertz CT molecular complexity index is 1140. The number of amides is 1. The topological polar surface area (TPSA) is 63.7 Å². The summed E-state index contributed by atoms with van der Waals surface area (Å²) in [5, 5.41) is 0.518. The molecule has 3 rings (SSSR count). The molecule has 0 heterocycles. The zero-order valence-electron chi connectivity index (χ0n) is 16.2. The van der Waals surface area contributed by atoms with Crippen molar-refractivity contribution in [2.45, 2.75) is 11.8 Å². The first kappa shape index (κ1) is 21.6. The van der Waals surface area contributed by atoms with Gasteiger partial charge in [-0.1, -0.05) is 41.9 Å². The first-order valence-electron chi connectivity index (χ1n) is 9.22. The Morgan fingerprint density at radius 1 is 1.00 bits per heavy atom. The van der Waals surface area contributed by atoms with Crippen molar-refractivity contribution in [3.8, 4) is 5.75 Å². The van der Waals surface area contributed by atoms with Crippen LogP contribution in [0.15, 0.2) is 89.8 Å². The van der Waals surface area contributed by atoms with Crippen LogP contribution in [0.4, 0.5) is 5.69 Å². The number of carbonyl (C=O) groups is 1. The highest BCUT2D eigenvalue weighted by molar-refractivity contribution is 7.93. The lowest BCUT2D eigenvalue weighted by Gasteiger charge is -2.21. The fourth-order valence-electron chi connectivity index (χ4n) is 2.77. The van der Waals surface area contributed by atoms with Gasteiger partial charge in [0.2, 0.25) is 0 Å². The van der Waals surface area contributed by atoms with Crippen molar-refractivity contribution in [1.82, 2.24) is 0 Å². The number of rotatable bonds is 7. The van der Waals surface area contributed by atoms with E-state index in [1.807, 2.05) is 6.92 Å². The van der Waals surface area contributed by atoms with Crippen LogP contribution in [0.2, 0.25) is 5.02 Å². The second-order valence-corrected chi connectivity index (χ2v) is 8.46. The fourth-order valence-corrected chi connectivity index (χ4v) is 4.38. The summed E-state index contributed by atoms with van der Waals surface area (Å²) in [6.07, 6.45) is 2.74. The molecule has 0 unspecified atom stereocenters. The van der Waals surface area contributed by atoms with Crippen molar-refractivity contribution in [2.24, 2.45) is 0 Å². The van der Waals surface area contributed by atoms with E-state index >= 15 is 0 Å². The van der Waals surface area contributed by atoms with Crippen LogP contribution in [0.3, 0.4) is 0 Å². The van der Waals surface area contributed by atoms with Crippen LogP contribution in [-0.4, -0.2) is 20.9 Å². The lowest BCUT2D eigenvalue weighted by Crippen LogP contribution is -2.35. The van der Waals surface area contributed by atoms with E-state index in [0.717, 1.165) is 4.31 Å². The third kappa shape index (κ3) is 5.09. The van der Waals surface area contributed by atoms with Crippen LogP contribution >= 0.6 is 11.6 Å². The van der Waals surface area contributed by atoms with E-state index in [-0.39, 0.29) is 10.6 Å². The largest absolute Gasteiger partial charge is 0.494 e. The summed E-state index contributed by atoms with van der Waals surface area (Å²) in [6, 6.07) is 21.1. The number of anilines is 1. The summed E-state index contributed by atoms with van der Waals surface area (Å²) in [7, 11) is -4.13. The van der Waals surface area contributed by atoms with Crippen LogP contribution in [0.5, 0.6) is 5.75 Å². The van der Waals surface area contributed by atoms with E-state index in [4.69, 9.17) is 16.3 Å². The van der Waals surface area contributed by atoms with E-state index < -0.39 is 15.9 Å². The molecule has 154 valence electrons. The molecule has 0 aliphatic heterocycles. The van der Waals surface area contributed by atoms with E-state index in [1.54, 1.807) is 54.6 Å². The molecule has 3 aromatic rings. The van der Waals surface area contributed by atoms with E-state index in [1.165, 1.54) is 36.4 Å². The lowest BCUT2D eigenvalue weighted by molar-refractivity contribution is -0.113. The van der Waals surface area contributed by atoms with Crippen molar-refractivity contribution in [3.05, 3.63) is 95.5 Å². The summed E-state index contributed by atoms with van der Waals surface area (Å²) in [6.45, 7) is 2.33. The van der Waals surface area contributed by atoms with Gasteiger partial charge in [-0.25, -0.2) is 8.42 Å². The van der Waals surface area contributed by atoms with Crippen LogP contribution in [0, 0.1) is 0 Å². The molecule has 3 aromatic carbocycles. The van der Waals surface area contributed by atoms with E-state index in [2.05, 4.69) is 0 Å². The van der Waals surface area contributed by atoms with Crippen molar-refractivity contribution < 1.29 is 17.9 Å². The molecule has 1 amide bonds. The Kier molecular flexibility index (Phi) is 6.92. The van der Waals surface area contributed by atoms with Crippen LogP contribution in [-0.2, 0) is 14.8 Å². The highest BCUT2D eigenvalue weighted by Gasteiger charge is 2.29. The molecule has 0 radical (unpaired) electrons. The van der Waals surface area contributed by atoms with Gasteiger partial charge >= 0.3 is 0 Å². The van der Waals surface area contributed by atoms with Crippen LogP contribution < -0.4 is 9.04 Å². The minimum absolute atomic E-state index is 0.0170. The van der Waals surface area contributed by atoms with Gasteiger partial charge in [-0.15, -0.1) is 0 Å². The van der Waals surface area contributed by atoms with Crippen molar-refractivity contribution >= 4 is 39.3 Å². The number of ether oxygens (including phenoxy) is 1. The predicted molar refractivity (Wildman–Crippen MR) is 119 cm³/mol. The molecule has 0 fully saturated rings. The number of benzene rings is 3. The van der Waals surface area contributed by atoms with Gasteiger partial charge in [-0.3, -0.25) is 4.79 Å². The number of nitrogens with zero attached hydrogens (tertiary/aromatic N) is 1. The summed E-state index contributed by atoms with van der Waals surface area (Å²) in [4.78, 5) is 13.0. The van der Waals surface area contributed by atoms with E-state index in [9.17, 15) is 13.2 Å². The maximum Gasteiger partial charge on any atom is 0.271 e. The number of hydrogen-bond donors (Lipinski definition) is 0. The summed E-state index contributed by atoms with van der Waals surface area (Å²) in [5.74, 6) is -0.122. The molecule has 7 heteroatoms. The average molecular weight is 442 g/mol. The van der Waals surface area contributed by atoms with Gasteiger partial charge in [0.25, 0.3) is 15.9 Å². The average Bonchev–Trinajstić information content (AvgIpc) is 2.74. The Balaban J connectivity index is 2.01. The monoisotopic (exact) mass is 441 g/mol. The molecule has 5 nitrogen and oxygen atoms in total. The second kappa shape index (κ2) is 9.61. The summed E-state index contributed by atoms with van der Waals surface area (Å²) >= 11 is 5.97. The van der Waals surface area contributed by atoms with Crippen LogP contribution in [0.25, 0.3) is 6.08 Å². The third-order valence-electron chi connectivity index (χ3n) is 4.13. The maximum absolute atomic E-state index is 13.3. The first-order valence-corrected chi connectivity index (χ1v) is 11.0. The standard InChI is InChI=1S/C23H20ClNO4S/c1-2-29-21-14-12-20(13-15-21)25(30(27,28)22-9-4-3-5-10-22)23(26)16-11-18-7-6-8-19(24)17-18/h3-17H,2H2,1H3/b16-11+. The molecule has 0 aliphatic carbocycles. The van der Waals surface area contributed by atoms with Crippen LogP contribution in [0.1, 0.15) is 12.5 Å². The van der Waals surface area contributed by atoms with Crippen molar-refractivity contribution in [1.29, 1.82) is 0 Å². The Labute approximate surface area is 181 Å². The van der Waals surface area contributed by atoms with Gasteiger partial charge in [0.05, 0.1) is 17.2 Å². The van der Waals surface area contributed by atoms with E-state index in [0.29, 0.717) is 22.9 Å². The predicted octanol–water partition coefficient (Wildman–Crippen LogP) is 5.17. The number of carbonyl (C=O) groups excluding carboxylic acids is 1. The molecule has 0 saturated carbocycles. The molecule has 0 aromatic heterocycles. The smallest absolute Gasteiger partial charge is 0.271 e. The maximum atomic E-state index is 13.3. The summed E-state index contributed by atoms with van der Waals surface area (Å²) in [5.41, 5.74) is 0.891. The molecule has 0 spiro atoms. The summed E-state index contributed by atoms with van der Waals surface area (Å²) < 4.78 is 32.7. The number of halogens is 1. The molecule has 0 aliphatic rings. The Hall–Kier alpha value is -3.09. The zero-order valence-corrected chi connectivity index (χ0v) is 17.8. The molecule has 0 atom stereocenters. The molecule has 0 N–H and O–H groups in total. The minimum atomic E-state index is -4.13. The quantitative estimate of drug-likeness (QED) is 0.474. The van der Waals surface area contributed by atoms with Gasteiger partial charge in [0.15, 0.2) is 0 Å². The first-order chi connectivity index (χ1) is 14.4. The lowest BCUT2D eigenvalue weighted by atomic mass is 10.2. The normalized spacial score (nSPS) is 11.4. The van der Waals surface area contributed by atoms with Gasteiger partial charge in [0.1, 0.15) is 5.75 Å². The Morgan fingerprint density at radius 3 is 2.33 bits per heavy atom. The SMILES string of the molecule is CCOc1ccc(N(C(=O)/C=C/c2cccc(Cl)c2)S(=O)(=O)c2ccccc2)cc1. The number of hydrogen-bond acceptors (Lipinski definition) is 4. The van der Waals surface area contributed by atoms with Gasteiger partial charge < -0.3 is 4.74 Å². The molecular formula is C23H20ClNO4S. The van der Waals surface area contributed by atoms with Gasteiger partial charge in [-0.2, -0.15) is 4.31 Å². The minimum Gasteiger partial charge on any atom is -0.494 e. The number of sulfonamides is 1. The highest BCUT2D eigenvalue weighted by atomic mass is 35.5. The fraction of sp³-hybridized carbons (Fsp3) is 0.0870. The Morgan fingerprint density at radius 2 is 1.70 bits per heavy atom. The highest BCUT2D eigenvalue weighted by Crippen LogP contribution is 2.26. The molecular weight excluding hydrogens is 422 g/mol. The van der Waals surface area contributed by atoms with Gasteiger partial charge in [0, 0.05) is 11.1 Å². The molecule has 0 bridgehead atoms. The zero-order chi connectivity index (χ0) is 21.6.